The molecule has 0 unspecified atom stereocenters. The first-order chi connectivity index (χ1) is 10.1. The van der Waals surface area contributed by atoms with Crippen molar-refractivity contribution in [3.05, 3.63) is 65.2 Å². The Morgan fingerprint density at radius 2 is 1.73 bits per heavy atom. The second kappa shape index (κ2) is 9.46. The Hall–Kier alpha value is -1.55. The first-order valence-electron chi connectivity index (χ1n) is 6.92. The fraction of sp³-hybridized carbons (Fsp3) is 0.235. The molecular formula is C17H20Cl2N2O. The van der Waals surface area contributed by atoms with Gasteiger partial charge in [0, 0.05) is 19.5 Å². The van der Waals surface area contributed by atoms with Gasteiger partial charge >= 0.3 is 0 Å². The maximum atomic E-state index is 11.9. The molecule has 0 aliphatic rings. The van der Waals surface area contributed by atoms with Gasteiger partial charge in [0.05, 0.1) is 10.7 Å². The molecule has 0 aliphatic heterocycles. The van der Waals surface area contributed by atoms with Gasteiger partial charge in [0.15, 0.2) is 0 Å². The molecule has 3 nitrogen and oxygen atoms in total. The normalized spacial score (nSPS) is 10.1. The number of amides is 1. The average molecular weight is 339 g/mol. The fourth-order valence-corrected chi connectivity index (χ4v) is 2.22. The summed E-state index contributed by atoms with van der Waals surface area (Å²) in [5.41, 5.74) is 1.90. The molecule has 0 aliphatic carbocycles. The molecule has 2 aromatic carbocycles. The molecule has 1 amide bonds. The lowest BCUT2D eigenvalue weighted by Crippen LogP contribution is -2.24. The standard InChI is InChI=1S/C17H19ClN2O.ClH/c1-20(13-14-7-3-2-4-8-14)12-11-17(21)19-16-10-6-5-9-15(16)18;/h2-10H,11-13H2,1H3,(H,19,21);1H. The number of anilines is 1. The predicted octanol–water partition coefficient (Wildman–Crippen LogP) is 4.22. The van der Waals surface area contributed by atoms with Crippen LogP contribution in [0.2, 0.25) is 5.02 Å². The van der Waals surface area contributed by atoms with Gasteiger partial charge in [0.2, 0.25) is 5.91 Å². The topological polar surface area (TPSA) is 32.3 Å². The summed E-state index contributed by atoms with van der Waals surface area (Å²) in [6.45, 7) is 1.53. The second-order valence-electron chi connectivity index (χ2n) is 5.00. The summed E-state index contributed by atoms with van der Waals surface area (Å²) >= 11 is 6.01. The third-order valence-electron chi connectivity index (χ3n) is 3.16. The smallest absolute Gasteiger partial charge is 0.225 e. The lowest BCUT2D eigenvalue weighted by atomic mass is 10.2. The van der Waals surface area contributed by atoms with Gasteiger partial charge in [-0.05, 0) is 24.7 Å². The lowest BCUT2D eigenvalue weighted by Gasteiger charge is -2.16. The van der Waals surface area contributed by atoms with Crippen LogP contribution in [-0.4, -0.2) is 24.4 Å². The minimum Gasteiger partial charge on any atom is -0.325 e. The van der Waals surface area contributed by atoms with E-state index in [1.165, 1.54) is 5.56 Å². The molecule has 1 N–H and O–H groups in total. The molecule has 0 fully saturated rings. The summed E-state index contributed by atoms with van der Waals surface area (Å²) in [7, 11) is 2.01. The molecule has 0 radical (unpaired) electrons. The van der Waals surface area contributed by atoms with E-state index in [0.717, 1.165) is 6.54 Å². The molecule has 0 atom stereocenters. The van der Waals surface area contributed by atoms with Crippen LogP contribution in [0.4, 0.5) is 5.69 Å². The zero-order chi connectivity index (χ0) is 15.1. The Morgan fingerprint density at radius 1 is 1.09 bits per heavy atom. The molecule has 118 valence electrons. The van der Waals surface area contributed by atoms with Gasteiger partial charge in [-0.15, -0.1) is 12.4 Å². The first-order valence-corrected chi connectivity index (χ1v) is 7.30. The molecule has 22 heavy (non-hydrogen) atoms. The zero-order valence-electron chi connectivity index (χ0n) is 12.5. The molecule has 0 spiro atoms. The lowest BCUT2D eigenvalue weighted by molar-refractivity contribution is -0.116. The van der Waals surface area contributed by atoms with Gasteiger partial charge in [-0.1, -0.05) is 54.1 Å². The molecule has 5 heteroatoms. The third kappa shape index (κ3) is 6.06. The van der Waals surface area contributed by atoms with Crippen molar-refractivity contribution in [1.29, 1.82) is 0 Å². The van der Waals surface area contributed by atoms with Crippen LogP contribution >= 0.6 is 24.0 Å². The van der Waals surface area contributed by atoms with E-state index in [1.54, 1.807) is 12.1 Å². The van der Waals surface area contributed by atoms with E-state index in [1.807, 2.05) is 37.4 Å². The van der Waals surface area contributed by atoms with Gasteiger partial charge in [-0.3, -0.25) is 4.79 Å². The van der Waals surface area contributed by atoms with Crippen molar-refractivity contribution in [2.24, 2.45) is 0 Å². The largest absolute Gasteiger partial charge is 0.325 e. The molecule has 2 aromatic rings. The monoisotopic (exact) mass is 338 g/mol. The highest BCUT2D eigenvalue weighted by atomic mass is 35.5. The van der Waals surface area contributed by atoms with E-state index in [-0.39, 0.29) is 18.3 Å². The molecule has 0 bridgehead atoms. The van der Waals surface area contributed by atoms with Gasteiger partial charge in [-0.25, -0.2) is 0 Å². The van der Waals surface area contributed by atoms with Crippen LogP contribution in [0.15, 0.2) is 54.6 Å². The van der Waals surface area contributed by atoms with E-state index in [9.17, 15) is 4.79 Å². The molecule has 0 heterocycles. The second-order valence-corrected chi connectivity index (χ2v) is 5.41. The third-order valence-corrected chi connectivity index (χ3v) is 3.49. The highest BCUT2D eigenvalue weighted by Crippen LogP contribution is 2.20. The van der Waals surface area contributed by atoms with Crippen LogP contribution in [0, 0.1) is 0 Å². The van der Waals surface area contributed by atoms with Crippen molar-refractivity contribution in [2.75, 3.05) is 18.9 Å². The highest BCUT2D eigenvalue weighted by Gasteiger charge is 2.07. The van der Waals surface area contributed by atoms with Crippen LogP contribution in [0.5, 0.6) is 0 Å². The Morgan fingerprint density at radius 3 is 2.41 bits per heavy atom. The van der Waals surface area contributed by atoms with E-state index in [0.29, 0.717) is 23.7 Å². The number of carbonyl (C=O) groups excluding carboxylic acids is 1. The molecule has 0 saturated heterocycles. The van der Waals surface area contributed by atoms with Crippen LogP contribution in [0.25, 0.3) is 0 Å². The molecular weight excluding hydrogens is 319 g/mol. The van der Waals surface area contributed by atoms with Crippen LogP contribution in [-0.2, 0) is 11.3 Å². The summed E-state index contributed by atoms with van der Waals surface area (Å²) in [4.78, 5) is 14.1. The molecule has 0 saturated carbocycles. The maximum absolute atomic E-state index is 11.9. The van der Waals surface area contributed by atoms with Crippen molar-refractivity contribution in [3.8, 4) is 0 Å². The number of benzene rings is 2. The minimum atomic E-state index is -0.0250. The van der Waals surface area contributed by atoms with Crippen LogP contribution in [0.3, 0.4) is 0 Å². The molecule has 0 aromatic heterocycles. The Kier molecular flexibility index (Phi) is 7.96. The highest BCUT2D eigenvalue weighted by molar-refractivity contribution is 6.33. The number of nitrogens with one attached hydrogen (secondary N) is 1. The minimum absolute atomic E-state index is 0. The summed E-state index contributed by atoms with van der Waals surface area (Å²) in [5.74, 6) is -0.0250. The number of rotatable bonds is 6. The summed E-state index contributed by atoms with van der Waals surface area (Å²) in [6.07, 6.45) is 0.439. The van der Waals surface area contributed by atoms with Crippen molar-refractivity contribution in [1.82, 2.24) is 4.90 Å². The first kappa shape index (κ1) is 18.5. The van der Waals surface area contributed by atoms with E-state index >= 15 is 0 Å². The average Bonchev–Trinajstić information content (AvgIpc) is 2.49. The number of halogens is 2. The van der Waals surface area contributed by atoms with Gasteiger partial charge in [0.25, 0.3) is 0 Å². The van der Waals surface area contributed by atoms with Crippen LogP contribution in [0.1, 0.15) is 12.0 Å². The van der Waals surface area contributed by atoms with Crippen molar-refractivity contribution in [3.63, 3.8) is 0 Å². The van der Waals surface area contributed by atoms with Crippen molar-refractivity contribution < 1.29 is 4.79 Å². The Labute approximate surface area is 142 Å². The summed E-state index contributed by atoms with van der Waals surface area (Å²) in [6, 6.07) is 17.5. The zero-order valence-corrected chi connectivity index (χ0v) is 14.0. The van der Waals surface area contributed by atoms with Crippen molar-refractivity contribution >= 4 is 35.6 Å². The number of para-hydroxylation sites is 1. The van der Waals surface area contributed by atoms with Gasteiger partial charge in [0.1, 0.15) is 0 Å². The van der Waals surface area contributed by atoms with Gasteiger partial charge in [-0.2, -0.15) is 0 Å². The molecule has 2 rings (SSSR count). The predicted molar refractivity (Wildman–Crippen MR) is 94.7 cm³/mol. The quantitative estimate of drug-likeness (QED) is 0.854. The number of hydrogen-bond acceptors (Lipinski definition) is 2. The fourth-order valence-electron chi connectivity index (χ4n) is 2.04. The van der Waals surface area contributed by atoms with E-state index in [4.69, 9.17) is 11.6 Å². The number of carbonyl (C=O) groups is 1. The van der Waals surface area contributed by atoms with Crippen LogP contribution < -0.4 is 5.32 Å². The number of nitrogens with zero attached hydrogens (tertiary/aromatic N) is 1. The SMILES string of the molecule is CN(CCC(=O)Nc1ccccc1Cl)Cc1ccccc1.Cl. The number of hydrogen-bond donors (Lipinski definition) is 1. The summed E-state index contributed by atoms with van der Waals surface area (Å²) in [5, 5.41) is 3.39. The summed E-state index contributed by atoms with van der Waals surface area (Å²) < 4.78 is 0. The van der Waals surface area contributed by atoms with E-state index in [2.05, 4.69) is 22.3 Å². The van der Waals surface area contributed by atoms with E-state index < -0.39 is 0 Å². The van der Waals surface area contributed by atoms with Crippen molar-refractivity contribution in [2.45, 2.75) is 13.0 Å². The van der Waals surface area contributed by atoms with Gasteiger partial charge < -0.3 is 10.2 Å². The Bertz CT molecular complexity index is 590. The Balaban J connectivity index is 0.00000242. The maximum Gasteiger partial charge on any atom is 0.225 e.